The van der Waals surface area contributed by atoms with Crippen LogP contribution in [0, 0.1) is 0 Å². The molecule has 0 aromatic heterocycles. The number of nitrogens with zero attached hydrogens (tertiary/aromatic N) is 4. The Balaban J connectivity index is 1.88. The number of hydrogen-bond donors (Lipinski definition) is 5. The Morgan fingerprint density at radius 1 is 0.595 bits per heavy atom. The first kappa shape index (κ1) is 32.6. The van der Waals surface area contributed by atoms with Crippen LogP contribution in [0.25, 0.3) is 0 Å². The lowest BCUT2D eigenvalue weighted by molar-refractivity contribution is 0.284. The molecule has 0 atom stereocenters. The zero-order valence-electron chi connectivity index (χ0n) is 20.4. The Morgan fingerprint density at radius 3 is 1.64 bits per heavy atom. The third kappa shape index (κ3) is 8.80. The highest BCUT2D eigenvalue weighted by Gasteiger charge is 2.20. The van der Waals surface area contributed by atoms with Gasteiger partial charge in [0, 0.05) is 12.1 Å². The molecule has 3 aromatic rings. The maximum absolute atomic E-state index is 12.3. The molecule has 5 N–H and O–H groups in total. The summed E-state index contributed by atoms with van der Waals surface area (Å²) >= 11 is 0. The lowest BCUT2D eigenvalue weighted by Gasteiger charge is -2.05. The molecular weight excluding hydrogens is 649 g/mol. The monoisotopic (exact) mass is 666 g/mol. The maximum atomic E-state index is 12.3. The maximum Gasteiger partial charge on any atom is 0.397 e. The minimum absolute atomic E-state index is 0.0682. The molecule has 0 saturated carbocycles. The number of aromatic hydroxyl groups is 2. The van der Waals surface area contributed by atoms with Crippen molar-refractivity contribution in [3.05, 3.63) is 54.6 Å². The summed E-state index contributed by atoms with van der Waals surface area (Å²) in [6, 6.07) is 8.26. The van der Waals surface area contributed by atoms with Crippen LogP contribution in [-0.4, -0.2) is 69.9 Å². The van der Waals surface area contributed by atoms with Gasteiger partial charge in [0.05, 0.1) is 27.8 Å². The van der Waals surface area contributed by atoms with Gasteiger partial charge in [-0.3, -0.25) is 13.7 Å². The van der Waals surface area contributed by atoms with Crippen LogP contribution < -0.4 is 0 Å². The van der Waals surface area contributed by atoms with Gasteiger partial charge in [-0.25, -0.2) is 12.6 Å². The smallest absolute Gasteiger partial charge is 0.397 e. The van der Waals surface area contributed by atoms with Crippen LogP contribution in [0.1, 0.15) is 0 Å². The second-order valence-electron chi connectivity index (χ2n) is 7.87. The van der Waals surface area contributed by atoms with Crippen molar-refractivity contribution in [3.63, 3.8) is 0 Å². The van der Waals surface area contributed by atoms with Gasteiger partial charge in [0.1, 0.15) is 33.5 Å². The molecule has 18 nitrogen and oxygen atoms in total. The van der Waals surface area contributed by atoms with E-state index in [2.05, 4.69) is 24.6 Å². The standard InChI is InChI=1S/C20H18N4O14S4/c25-18-11-19(26)16(23-24-17-9-14(40(29,30)31)5-6-20(17)41(32,33)34)10-15(18)22-21-12-1-3-13(4-2-12)39(27,28)8-7-38-42(35,36)37/h1-6,9-11,25-26H,7-8H2,(H,29,30,31)(H,32,33,34)(H,35,36,37)/b22-21+,24-23+. The molecule has 0 fully saturated rings. The van der Waals surface area contributed by atoms with Crippen LogP contribution in [0.2, 0.25) is 0 Å². The molecule has 0 aliphatic heterocycles. The molecule has 22 heteroatoms. The number of phenolic OH excluding ortho intramolecular Hbond substituents is 2. The van der Waals surface area contributed by atoms with E-state index in [0.717, 1.165) is 24.3 Å². The number of benzene rings is 3. The van der Waals surface area contributed by atoms with E-state index in [0.29, 0.717) is 18.2 Å². The summed E-state index contributed by atoms with van der Waals surface area (Å²) in [5.74, 6) is -2.07. The zero-order chi connectivity index (χ0) is 31.5. The second kappa shape index (κ2) is 12.1. The van der Waals surface area contributed by atoms with Crippen molar-refractivity contribution in [2.45, 2.75) is 14.7 Å². The van der Waals surface area contributed by atoms with Crippen LogP contribution in [0.5, 0.6) is 11.5 Å². The Kier molecular flexibility index (Phi) is 9.43. The number of rotatable bonds is 11. The summed E-state index contributed by atoms with van der Waals surface area (Å²) in [5.41, 5.74) is -1.42. The summed E-state index contributed by atoms with van der Waals surface area (Å²) in [6.07, 6.45) is 0. The normalized spacial score (nSPS) is 13.2. The second-order valence-corrected chi connectivity index (χ2v) is 13.9. The van der Waals surface area contributed by atoms with Crippen LogP contribution in [0.4, 0.5) is 22.7 Å². The van der Waals surface area contributed by atoms with E-state index in [1.165, 1.54) is 12.1 Å². The molecule has 0 unspecified atom stereocenters. The summed E-state index contributed by atoms with van der Waals surface area (Å²) in [4.78, 5) is -1.90. The molecule has 42 heavy (non-hydrogen) atoms. The molecule has 0 bridgehead atoms. The Bertz CT molecular complexity index is 2010. The largest absolute Gasteiger partial charge is 0.505 e. The van der Waals surface area contributed by atoms with Crippen molar-refractivity contribution >= 4 is 63.2 Å². The summed E-state index contributed by atoms with van der Waals surface area (Å²) in [7, 11) is -18.6. The van der Waals surface area contributed by atoms with Crippen molar-refractivity contribution in [3.8, 4) is 11.5 Å². The van der Waals surface area contributed by atoms with Gasteiger partial charge in [0.15, 0.2) is 9.84 Å². The van der Waals surface area contributed by atoms with Crippen LogP contribution in [-0.2, 0) is 44.7 Å². The number of sulfone groups is 1. The van der Waals surface area contributed by atoms with E-state index in [4.69, 9.17) is 4.55 Å². The third-order valence-electron chi connectivity index (χ3n) is 4.90. The number of phenols is 2. The van der Waals surface area contributed by atoms with Gasteiger partial charge in [-0.15, -0.1) is 15.3 Å². The fraction of sp³-hybridized carbons (Fsp3) is 0.100. The molecule has 0 saturated heterocycles. The predicted molar refractivity (Wildman–Crippen MR) is 140 cm³/mol. The molecule has 0 heterocycles. The van der Waals surface area contributed by atoms with E-state index in [1.807, 2.05) is 0 Å². The van der Waals surface area contributed by atoms with Gasteiger partial charge in [0.2, 0.25) is 0 Å². The molecule has 3 rings (SSSR count). The lowest BCUT2D eigenvalue weighted by Crippen LogP contribution is -2.15. The van der Waals surface area contributed by atoms with Crippen molar-refractivity contribution in [1.29, 1.82) is 0 Å². The van der Waals surface area contributed by atoms with Crippen molar-refractivity contribution in [1.82, 2.24) is 0 Å². The van der Waals surface area contributed by atoms with E-state index in [1.54, 1.807) is 0 Å². The Morgan fingerprint density at radius 2 is 1.12 bits per heavy atom. The van der Waals surface area contributed by atoms with Gasteiger partial charge >= 0.3 is 10.4 Å². The minimum atomic E-state index is -4.93. The highest BCUT2D eigenvalue weighted by Crippen LogP contribution is 2.40. The highest BCUT2D eigenvalue weighted by molar-refractivity contribution is 7.91. The van der Waals surface area contributed by atoms with Gasteiger partial charge in [-0.05, 0) is 42.5 Å². The molecule has 226 valence electrons. The SMILES string of the molecule is O=S(=O)(O)OCCS(=O)(=O)c1ccc(/N=N/c2cc(/N=N/c3cc(S(=O)(=O)O)ccc3S(=O)(=O)O)c(O)cc2O)cc1. The molecule has 0 spiro atoms. The average Bonchev–Trinajstić information content (AvgIpc) is 2.85. The van der Waals surface area contributed by atoms with Gasteiger partial charge in [-0.1, -0.05) is 0 Å². The fourth-order valence-corrected chi connectivity index (χ4v) is 5.57. The summed E-state index contributed by atoms with van der Waals surface area (Å²) < 4.78 is 123. The number of hydrogen-bond acceptors (Lipinski definition) is 15. The van der Waals surface area contributed by atoms with Gasteiger partial charge < -0.3 is 10.2 Å². The van der Waals surface area contributed by atoms with Gasteiger partial charge in [-0.2, -0.15) is 30.4 Å². The molecule has 0 radical (unpaired) electrons. The highest BCUT2D eigenvalue weighted by atomic mass is 32.3. The van der Waals surface area contributed by atoms with E-state index in [-0.39, 0.29) is 16.3 Å². The molecule has 0 aliphatic rings. The van der Waals surface area contributed by atoms with Crippen molar-refractivity contribution in [2.24, 2.45) is 20.5 Å². The van der Waals surface area contributed by atoms with E-state index >= 15 is 0 Å². The molecule has 0 amide bonds. The van der Waals surface area contributed by atoms with Crippen LogP contribution >= 0.6 is 0 Å². The van der Waals surface area contributed by atoms with Crippen LogP contribution in [0.15, 0.2) is 89.7 Å². The summed E-state index contributed by atoms with van der Waals surface area (Å²) in [5, 5.41) is 34.9. The van der Waals surface area contributed by atoms with Crippen molar-refractivity contribution in [2.75, 3.05) is 12.4 Å². The average molecular weight is 667 g/mol. The number of azo groups is 2. The lowest BCUT2D eigenvalue weighted by atomic mass is 10.2. The molecule has 0 aliphatic carbocycles. The van der Waals surface area contributed by atoms with Gasteiger partial charge in [0.25, 0.3) is 20.2 Å². The predicted octanol–water partition coefficient (Wildman–Crippen LogP) is 3.02. The first-order valence-electron chi connectivity index (χ1n) is 10.7. The third-order valence-corrected chi connectivity index (χ3v) is 8.81. The topological polar surface area (TPSA) is 296 Å². The van der Waals surface area contributed by atoms with E-state index < -0.39 is 85.5 Å². The van der Waals surface area contributed by atoms with Crippen LogP contribution in [0.3, 0.4) is 0 Å². The molecule has 3 aromatic carbocycles. The summed E-state index contributed by atoms with van der Waals surface area (Å²) in [6.45, 7) is -0.828. The minimum Gasteiger partial charge on any atom is -0.505 e. The first-order valence-corrected chi connectivity index (χ1v) is 16.6. The zero-order valence-corrected chi connectivity index (χ0v) is 23.7. The van der Waals surface area contributed by atoms with E-state index in [9.17, 15) is 53.0 Å². The quantitative estimate of drug-likeness (QED) is 0.145. The van der Waals surface area contributed by atoms with Crippen molar-refractivity contribution < 1.29 is 61.7 Å². The molecular formula is C20H18N4O14S4. The first-order chi connectivity index (χ1) is 19.3. The fourth-order valence-electron chi connectivity index (χ4n) is 2.98. The Hall–Kier alpha value is -3.90. The Labute approximate surface area is 238 Å².